The molecule has 2 aromatic carbocycles. The molecule has 1 aliphatic carbocycles. The first-order chi connectivity index (χ1) is 23.8. The van der Waals surface area contributed by atoms with Gasteiger partial charge in [0.25, 0.3) is 5.91 Å². The van der Waals surface area contributed by atoms with E-state index in [0.29, 0.717) is 54.3 Å². The van der Waals surface area contributed by atoms with Gasteiger partial charge in [-0.3, -0.25) is 19.5 Å². The van der Waals surface area contributed by atoms with Crippen molar-refractivity contribution in [2.45, 2.75) is 64.1 Å². The fourth-order valence-electron chi connectivity index (χ4n) is 6.69. The number of urea groups is 1. The summed E-state index contributed by atoms with van der Waals surface area (Å²) < 4.78 is 33.2. The summed E-state index contributed by atoms with van der Waals surface area (Å²) in [4.78, 5) is 37.2. The molecule has 1 aromatic heterocycles. The molecule has 13 heteroatoms. The second kappa shape index (κ2) is 16.1. The molecular formula is C36H43ClN6O5S. The van der Waals surface area contributed by atoms with Gasteiger partial charge in [0.2, 0.25) is 0 Å². The van der Waals surface area contributed by atoms with Gasteiger partial charge >= 0.3 is 6.03 Å². The first kappa shape index (κ1) is 34.8. The molecule has 0 saturated heterocycles. The van der Waals surface area contributed by atoms with Crippen LogP contribution in [0.3, 0.4) is 0 Å². The minimum Gasteiger partial charge on any atom is -0.491 e. The Balaban J connectivity index is 1.38. The lowest BCUT2D eigenvalue weighted by molar-refractivity contribution is 0.0134. The summed E-state index contributed by atoms with van der Waals surface area (Å²) in [7, 11) is -1.76. The van der Waals surface area contributed by atoms with Crippen molar-refractivity contribution in [3.05, 3.63) is 94.5 Å². The summed E-state index contributed by atoms with van der Waals surface area (Å²) in [6.07, 6.45) is 14.5. The highest BCUT2D eigenvalue weighted by molar-refractivity contribution is 7.92. The topological polar surface area (TPSA) is 135 Å². The number of amides is 3. The number of nitrogens with one attached hydrogen (secondary N) is 2. The Labute approximate surface area is 293 Å². The number of aryl methyl sites for hydroxylation is 1. The van der Waals surface area contributed by atoms with Crippen LogP contribution in [0.1, 0.15) is 65.7 Å². The summed E-state index contributed by atoms with van der Waals surface area (Å²) in [6, 6.07) is 10.6. The number of hydrogen-bond acceptors (Lipinski definition) is 8. The van der Waals surface area contributed by atoms with E-state index in [9.17, 15) is 13.8 Å². The quantitative estimate of drug-likeness (QED) is 0.304. The van der Waals surface area contributed by atoms with Gasteiger partial charge in [0.05, 0.1) is 42.6 Å². The van der Waals surface area contributed by atoms with E-state index in [1.165, 1.54) is 29.7 Å². The van der Waals surface area contributed by atoms with Crippen molar-refractivity contribution in [2.24, 2.45) is 16.2 Å². The fourth-order valence-corrected chi connectivity index (χ4v) is 8.42. The molecule has 3 amide bonds. The molecule has 2 bridgehead atoms. The van der Waals surface area contributed by atoms with Crippen LogP contribution in [0.2, 0.25) is 5.02 Å². The zero-order valence-corrected chi connectivity index (χ0v) is 29.3. The average molecular weight is 707 g/mol. The largest absolute Gasteiger partial charge is 0.491 e. The Morgan fingerprint density at radius 3 is 2.82 bits per heavy atom. The molecule has 3 aliphatic rings. The van der Waals surface area contributed by atoms with E-state index >= 15 is 0 Å². The molecule has 11 nitrogen and oxygen atoms in total. The lowest BCUT2D eigenvalue weighted by Gasteiger charge is -2.43. The SMILES string of the molecule is CO[C@H]1/C=C/CCCS(=O)(NC(=O)NCc2cnccn2)=NC(=O)c2ccc3c(c2)N(Cc2ccc(Cl)cc2CCCCO3)C[C@@H]2CC[C@H]21. The van der Waals surface area contributed by atoms with Crippen molar-refractivity contribution in [2.75, 3.05) is 30.9 Å². The molecule has 1 fully saturated rings. The number of carbonyl (C=O) groups excluding carboxylic acids is 2. The predicted molar refractivity (Wildman–Crippen MR) is 190 cm³/mol. The first-order valence-electron chi connectivity index (χ1n) is 16.9. The molecule has 2 aliphatic heterocycles. The molecule has 0 radical (unpaired) electrons. The van der Waals surface area contributed by atoms with Crippen LogP contribution in [-0.4, -0.2) is 58.2 Å². The molecular weight excluding hydrogens is 664 g/mol. The van der Waals surface area contributed by atoms with E-state index < -0.39 is 21.9 Å². The van der Waals surface area contributed by atoms with Crippen molar-refractivity contribution < 1.29 is 23.3 Å². The number of rotatable bonds is 4. The highest BCUT2D eigenvalue weighted by atomic mass is 35.5. The van der Waals surface area contributed by atoms with Crippen molar-refractivity contribution in [1.29, 1.82) is 0 Å². The van der Waals surface area contributed by atoms with Crippen LogP contribution in [0, 0.1) is 11.8 Å². The van der Waals surface area contributed by atoms with Crippen LogP contribution in [-0.2, 0) is 34.2 Å². The van der Waals surface area contributed by atoms with Gasteiger partial charge in [-0.25, -0.2) is 9.00 Å². The maximum Gasteiger partial charge on any atom is 0.327 e. The Morgan fingerprint density at radius 1 is 1.12 bits per heavy atom. The molecule has 2 N–H and O–H groups in total. The molecule has 0 spiro atoms. The van der Waals surface area contributed by atoms with E-state index in [0.717, 1.165) is 44.3 Å². The molecule has 1 unspecified atom stereocenters. The number of aromatic nitrogens is 2. The van der Waals surface area contributed by atoms with Gasteiger partial charge in [0.15, 0.2) is 0 Å². The van der Waals surface area contributed by atoms with Gasteiger partial charge in [0, 0.05) is 43.2 Å². The number of nitrogens with zero attached hydrogens (tertiary/aromatic N) is 4. The van der Waals surface area contributed by atoms with Crippen LogP contribution < -0.4 is 19.7 Å². The maximum absolute atomic E-state index is 14.2. The highest BCUT2D eigenvalue weighted by Gasteiger charge is 2.38. The van der Waals surface area contributed by atoms with Crippen LogP contribution >= 0.6 is 11.6 Å². The van der Waals surface area contributed by atoms with Gasteiger partial charge in [0.1, 0.15) is 15.7 Å². The lowest BCUT2D eigenvalue weighted by atomic mass is 9.70. The summed E-state index contributed by atoms with van der Waals surface area (Å²) in [5, 5.41) is 3.35. The van der Waals surface area contributed by atoms with Crippen molar-refractivity contribution in [3.8, 4) is 5.75 Å². The predicted octanol–water partition coefficient (Wildman–Crippen LogP) is 6.27. The molecule has 1 saturated carbocycles. The Bertz CT molecular complexity index is 1800. The lowest BCUT2D eigenvalue weighted by Crippen LogP contribution is -2.43. The van der Waals surface area contributed by atoms with Crippen LogP contribution in [0.5, 0.6) is 5.75 Å². The smallest absolute Gasteiger partial charge is 0.327 e. The average Bonchev–Trinajstić information content (AvgIpc) is 3.11. The van der Waals surface area contributed by atoms with E-state index in [1.54, 1.807) is 25.3 Å². The standard InChI is InChI=1S/C36H43ClN6O5S/c1-47-33-8-3-2-6-18-49(46,42-36(45)40-22-30-21-38-15-16-39-30)41-35(44)26-11-14-34-32(20-26)43(24-28-10-13-31(28)33)23-27-9-12-29(37)19-25(27)7-4-5-17-48-34/h3,8-9,11-12,14-16,19-21,28,31,33H,2,4-7,10,13,17-18,22-24H2,1H3,(H2,40,41,42,44,45,46)/b8-3+/t28-,31+,33-,49?/m0/s1. The first-order valence-corrected chi connectivity index (χ1v) is 18.9. The molecule has 3 heterocycles. The Morgan fingerprint density at radius 2 is 2.02 bits per heavy atom. The van der Waals surface area contributed by atoms with Gasteiger partial charge < -0.3 is 19.7 Å². The number of ether oxygens (including phenoxy) is 2. The van der Waals surface area contributed by atoms with Crippen molar-refractivity contribution in [3.63, 3.8) is 0 Å². The van der Waals surface area contributed by atoms with Crippen LogP contribution in [0.4, 0.5) is 10.5 Å². The molecule has 6 rings (SSSR count). The molecule has 260 valence electrons. The van der Waals surface area contributed by atoms with Gasteiger partial charge in [-0.1, -0.05) is 29.8 Å². The number of fused-ring (bicyclic) bond motifs is 3. The van der Waals surface area contributed by atoms with Gasteiger partial charge in [-0.2, -0.15) is 0 Å². The molecule has 4 atom stereocenters. The van der Waals surface area contributed by atoms with Crippen LogP contribution in [0.25, 0.3) is 0 Å². The minimum atomic E-state index is -3.50. The number of anilines is 1. The fraction of sp³-hybridized carbons (Fsp3) is 0.444. The van der Waals surface area contributed by atoms with Crippen molar-refractivity contribution >= 4 is 39.1 Å². The van der Waals surface area contributed by atoms with Crippen LogP contribution in [0.15, 0.2) is 71.5 Å². The summed E-state index contributed by atoms with van der Waals surface area (Å²) in [5.41, 5.74) is 3.95. The minimum absolute atomic E-state index is 0.00906. The van der Waals surface area contributed by atoms with Gasteiger partial charge in [-0.05, 0) is 98.2 Å². The third-order valence-electron chi connectivity index (χ3n) is 9.45. The molecule has 3 aromatic rings. The van der Waals surface area contributed by atoms with E-state index in [-0.39, 0.29) is 24.0 Å². The summed E-state index contributed by atoms with van der Waals surface area (Å²) in [6.45, 7) is 1.93. The zero-order valence-electron chi connectivity index (χ0n) is 27.7. The zero-order chi connectivity index (χ0) is 34.2. The van der Waals surface area contributed by atoms with E-state index in [2.05, 4.69) is 47.5 Å². The number of benzene rings is 2. The summed E-state index contributed by atoms with van der Waals surface area (Å²) in [5.74, 6) is 0.683. The van der Waals surface area contributed by atoms with E-state index in [4.69, 9.17) is 21.1 Å². The number of hydrogen-bond donors (Lipinski definition) is 2. The Hall–Kier alpha value is -4.00. The van der Waals surface area contributed by atoms with Gasteiger partial charge in [-0.15, -0.1) is 4.36 Å². The third-order valence-corrected chi connectivity index (χ3v) is 11.5. The summed E-state index contributed by atoms with van der Waals surface area (Å²) >= 11 is 6.45. The third kappa shape index (κ3) is 8.97. The maximum atomic E-state index is 14.2. The number of carbonyl (C=O) groups is 2. The highest BCUT2D eigenvalue weighted by Crippen LogP contribution is 2.42. The second-order valence-corrected chi connectivity index (χ2v) is 15.3. The second-order valence-electron chi connectivity index (χ2n) is 12.8. The Kier molecular flexibility index (Phi) is 11.5. The number of halogens is 1. The van der Waals surface area contributed by atoms with Crippen molar-refractivity contribution in [1.82, 2.24) is 20.0 Å². The normalized spacial score (nSPS) is 25.1. The molecule has 49 heavy (non-hydrogen) atoms. The number of allylic oxidation sites excluding steroid dienone is 1. The van der Waals surface area contributed by atoms with E-state index in [1.807, 2.05) is 12.1 Å². The number of methoxy groups -OCH3 is 1. The monoisotopic (exact) mass is 706 g/mol.